The highest BCUT2D eigenvalue weighted by Gasteiger charge is 2.16. The summed E-state index contributed by atoms with van der Waals surface area (Å²) in [6.45, 7) is 6.10. The van der Waals surface area contributed by atoms with E-state index in [1.165, 1.54) is 0 Å². The van der Waals surface area contributed by atoms with Crippen LogP contribution in [0.2, 0.25) is 5.02 Å². The number of fused-ring (bicyclic) bond motifs is 1. The molecule has 0 amide bonds. The standard InChI is InChI=1S/C22H23ClN6O/c1-13(2)29-12-24-11-19(29)18-8-9-25-22(27-18)26-14(3)16-10-15-6-5-7-17(23)20(15)28(4)21(16)30/h5-14H,1-4H3,(H,25,26,27)/t14-/m0/s1. The van der Waals surface area contributed by atoms with Gasteiger partial charge in [-0.15, -0.1) is 0 Å². The molecule has 0 aliphatic carbocycles. The van der Waals surface area contributed by atoms with E-state index in [1.54, 1.807) is 36.4 Å². The van der Waals surface area contributed by atoms with Crippen LogP contribution in [-0.4, -0.2) is 24.1 Å². The van der Waals surface area contributed by atoms with Crippen LogP contribution in [0.5, 0.6) is 0 Å². The monoisotopic (exact) mass is 422 g/mol. The zero-order valence-corrected chi connectivity index (χ0v) is 18.1. The summed E-state index contributed by atoms with van der Waals surface area (Å²) in [4.78, 5) is 26.2. The first-order valence-electron chi connectivity index (χ1n) is 9.76. The second-order valence-corrected chi connectivity index (χ2v) is 7.96. The number of hydrogen-bond acceptors (Lipinski definition) is 5. The first-order chi connectivity index (χ1) is 14.4. The van der Waals surface area contributed by atoms with Gasteiger partial charge in [0.15, 0.2) is 0 Å². The lowest BCUT2D eigenvalue weighted by molar-refractivity contribution is 0.604. The number of aromatic nitrogens is 5. The van der Waals surface area contributed by atoms with Crippen LogP contribution in [-0.2, 0) is 7.05 Å². The first kappa shape index (κ1) is 20.1. The fourth-order valence-corrected chi connectivity index (χ4v) is 3.90. The molecule has 3 aromatic heterocycles. The molecule has 0 aliphatic rings. The number of nitrogens with one attached hydrogen (secondary N) is 1. The molecule has 4 rings (SSSR count). The summed E-state index contributed by atoms with van der Waals surface area (Å²) in [6, 6.07) is 9.30. The van der Waals surface area contributed by atoms with E-state index in [0.29, 0.717) is 16.5 Å². The van der Waals surface area contributed by atoms with Gasteiger partial charge in [-0.25, -0.2) is 15.0 Å². The van der Waals surface area contributed by atoms with Gasteiger partial charge < -0.3 is 14.5 Å². The molecule has 0 bridgehead atoms. The van der Waals surface area contributed by atoms with Crippen molar-refractivity contribution in [1.29, 1.82) is 0 Å². The SMILES string of the molecule is CC(C)n1cncc1-c1ccnc(N[C@@H](C)c2cc3cccc(Cl)c3n(C)c2=O)n1. The zero-order chi connectivity index (χ0) is 21.4. The maximum Gasteiger partial charge on any atom is 0.256 e. The Morgan fingerprint density at radius 2 is 1.97 bits per heavy atom. The number of halogens is 1. The van der Waals surface area contributed by atoms with Crippen molar-refractivity contribution in [2.75, 3.05) is 5.32 Å². The van der Waals surface area contributed by atoms with Crippen LogP contribution in [0.25, 0.3) is 22.3 Å². The molecule has 154 valence electrons. The summed E-state index contributed by atoms with van der Waals surface area (Å²) < 4.78 is 3.64. The van der Waals surface area contributed by atoms with Crippen molar-refractivity contribution in [3.8, 4) is 11.4 Å². The van der Waals surface area contributed by atoms with Crippen molar-refractivity contribution < 1.29 is 0 Å². The van der Waals surface area contributed by atoms with E-state index < -0.39 is 0 Å². The second-order valence-electron chi connectivity index (χ2n) is 7.55. The lowest BCUT2D eigenvalue weighted by Crippen LogP contribution is -2.25. The summed E-state index contributed by atoms with van der Waals surface area (Å²) >= 11 is 6.29. The molecular formula is C22H23ClN6O. The van der Waals surface area contributed by atoms with Crippen molar-refractivity contribution in [3.63, 3.8) is 0 Å². The van der Waals surface area contributed by atoms with Crippen LogP contribution < -0.4 is 10.9 Å². The maximum absolute atomic E-state index is 13.0. The van der Waals surface area contributed by atoms with Crippen LogP contribution >= 0.6 is 11.6 Å². The van der Waals surface area contributed by atoms with Gasteiger partial charge in [0.2, 0.25) is 5.95 Å². The number of para-hydroxylation sites is 1. The number of pyridine rings is 1. The Hall–Kier alpha value is -3.19. The zero-order valence-electron chi connectivity index (χ0n) is 17.3. The summed E-state index contributed by atoms with van der Waals surface area (Å²) in [6.07, 6.45) is 5.29. The molecule has 0 fully saturated rings. The lowest BCUT2D eigenvalue weighted by Gasteiger charge is -2.17. The van der Waals surface area contributed by atoms with Gasteiger partial charge in [0, 0.05) is 30.2 Å². The predicted molar refractivity (Wildman–Crippen MR) is 120 cm³/mol. The molecule has 3 heterocycles. The number of aryl methyl sites for hydroxylation is 1. The molecule has 1 atom stereocenters. The molecule has 0 unspecified atom stereocenters. The van der Waals surface area contributed by atoms with Gasteiger partial charge in [0.1, 0.15) is 0 Å². The van der Waals surface area contributed by atoms with Crippen molar-refractivity contribution in [3.05, 3.63) is 70.0 Å². The number of hydrogen-bond donors (Lipinski definition) is 1. The van der Waals surface area contributed by atoms with Gasteiger partial charge in [-0.1, -0.05) is 23.7 Å². The van der Waals surface area contributed by atoms with Crippen LogP contribution in [0, 0.1) is 0 Å². The third kappa shape index (κ3) is 3.57. The van der Waals surface area contributed by atoms with Gasteiger partial charge in [-0.3, -0.25) is 4.79 Å². The molecule has 30 heavy (non-hydrogen) atoms. The molecule has 0 aliphatic heterocycles. The van der Waals surface area contributed by atoms with Gasteiger partial charge in [0.05, 0.1) is 40.5 Å². The number of rotatable bonds is 5. The van der Waals surface area contributed by atoms with Crippen molar-refractivity contribution in [1.82, 2.24) is 24.1 Å². The molecule has 0 spiro atoms. The largest absolute Gasteiger partial charge is 0.347 e. The number of imidazole rings is 1. The van der Waals surface area contributed by atoms with E-state index in [0.717, 1.165) is 22.3 Å². The highest BCUT2D eigenvalue weighted by Crippen LogP contribution is 2.25. The predicted octanol–water partition coefficient (Wildman–Crippen LogP) is 4.60. The molecule has 1 N–H and O–H groups in total. The van der Waals surface area contributed by atoms with E-state index in [9.17, 15) is 4.79 Å². The average molecular weight is 423 g/mol. The van der Waals surface area contributed by atoms with Crippen molar-refractivity contribution >= 4 is 28.5 Å². The maximum atomic E-state index is 13.0. The van der Waals surface area contributed by atoms with Crippen LogP contribution in [0.3, 0.4) is 0 Å². The molecule has 4 aromatic rings. The lowest BCUT2D eigenvalue weighted by atomic mass is 10.1. The number of nitrogens with zero attached hydrogens (tertiary/aromatic N) is 5. The number of anilines is 1. The van der Waals surface area contributed by atoms with E-state index in [4.69, 9.17) is 11.6 Å². The fourth-order valence-electron chi connectivity index (χ4n) is 3.59. The summed E-state index contributed by atoms with van der Waals surface area (Å²) in [5, 5.41) is 4.72. The van der Waals surface area contributed by atoms with Crippen LogP contribution in [0.1, 0.15) is 38.4 Å². The highest BCUT2D eigenvalue weighted by molar-refractivity contribution is 6.35. The van der Waals surface area contributed by atoms with E-state index in [1.807, 2.05) is 31.2 Å². The molecule has 8 heteroatoms. The summed E-state index contributed by atoms with van der Waals surface area (Å²) in [5.41, 5.74) is 2.92. The molecule has 0 saturated heterocycles. The van der Waals surface area contributed by atoms with Gasteiger partial charge in [-0.05, 0) is 39.0 Å². The van der Waals surface area contributed by atoms with Gasteiger partial charge >= 0.3 is 0 Å². The Morgan fingerprint density at radius 3 is 2.73 bits per heavy atom. The third-order valence-corrected chi connectivity index (χ3v) is 5.47. The molecule has 0 saturated carbocycles. The Balaban J connectivity index is 1.68. The summed E-state index contributed by atoms with van der Waals surface area (Å²) in [5.74, 6) is 0.449. The average Bonchev–Trinajstić information content (AvgIpc) is 3.21. The van der Waals surface area contributed by atoms with Crippen molar-refractivity contribution in [2.24, 2.45) is 7.05 Å². The van der Waals surface area contributed by atoms with Crippen molar-refractivity contribution in [2.45, 2.75) is 32.9 Å². The van der Waals surface area contributed by atoms with E-state index >= 15 is 0 Å². The normalized spacial score (nSPS) is 12.5. The third-order valence-electron chi connectivity index (χ3n) is 5.17. The summed E-state index contributed by atoms with van der Waals surface area (Å²) in [7, 11) is 1.73. The molecule has 1 aromatic carbocycles. The van der Waals surface area contributed by atoms with Crippen LogP contribution in [0.15, 0.2) is 53.8 Å². The first-order valence-corrected chi connectivity index (χ1v) is 10.1. The molecule has 0 radical (unpaired) electrons. The Kier molecular flexibility index (Phi) is 5.30. The van der Waals surface area contributed by atoms with Gasteiger partial charge in [-0.2, -0.15) is 0 Å². The second kappa shape index (κ2) is 7.91. The van der Waals surface area contributed by atoms with E-state index in [-0.39, 0.29) is 17.6 Å². The highest BCUT2D eigenvalue weighted by atomic mass is 35.5. The molecular weight excluding hydrogens is 400 g/mol. The minimum atomic E-state index is -0.294. The molecule has 7 nitrogen and oxygen atoms in total. The topological polar surface area (TPSA) is 77.6 Å². The van der Waals surface area contributed by atoms with Gasteiger partial charge in [0.25, 0.3) is 5.56 Å². The Bertz CT molecular complexity index is 1280. The number of benzene rings is 1. The smallest absolute Gasteiger partial charge is 0.256 e. The Labute approximate surface area is 179 Å². The minimum Gasteiger partial charge on any atom is -0.347 e. The van der Waals surface area contributed by atoms with Crippen LogP contribution in [0.4, 0.5) is 5.95 Å². The van der Waals surface area contributed by atoms with E-state index in [2.05, 4.69) is 38.7 Å². The minimum absolute atomic E-state index is 0.107. The quantitative estimate of drug-likeness (QED) is 0.508. The fraction of sp³-hybridized carbons (Fsp3) is 0.273. The Morgan fingerprint density at radius 1 is 1.17 bits per heavy atom.